The van der Waals surface area contributed by atoms with Gasteiger partial charge in [0.1, 0.15) is 0 Å². The van der Waals surface area contributed by atoms with E-state index < -0.39 is 23.5 Å². The second kappa shape index (κ2) is 7.45. The van der Waals surface area contributed by atoms with Crippen molar-refractivity contribution in [1.82, 2.24) is 10.2 Å². The molecule has 2 atom stereocenters. The molecule has 124 valence electrons. The number of nitrogens with zero attached hydrogens (tertiary/aromatic N) is 1. The number of unbranched alkanes of at least 4 members (excludes halogenated alkanes) is 1. The number of alkyl halides is 3. The lowest BCUT2D eigenvalue weighted by Crippen LogP contribution is -2.51. The number of halogens is 3. The van der Waals surface area contributed by atoms with E-state index in [1.807, 2.05) is 4.90 Å². The van der Waals surface area contributed by atoms with E-state index in [1.54, 1.807) is 14.0 Å². The van der Waals surface area contributed by atoms with Crippen molar-refractivity contribution in [3.63, 3.8) is 0 Å². The predicted octanol–water partition coefficient (Wildman–Crippen LogP) is 1.89. The van der Waals surface area contributed by atoms with E-state index in [2.05, 4.69) is 5.32 Å². The van der Waals surface area contributed by atoms with Crippen molar-refractivity contribution in [3.05, 3.63) is 0 Å². The molecule has 1 heterocycles. The minimum Gasteiger partial charge on any atom is -0.368 e. The molecular formula is C14H26F3N3O. The number of likely N-dealkylation sites (tertiary alicyclic amines) is 1. The van der Waals surface area contributed by atoms with Crippen LogP contribution in [0.5, 0.6) is 0 Å². The Morgan fingerprint density at radius 1 is 1.38 bits per heavy atom. The van der Waals surface area contributed by atoms with Crippen molar-refractivity contribution >= 4 is 5.91 Å². The minimum atomic E-state index is -4.09. The van der Waals surface area contributed by atoms with Gasteiger partial charge in [0.2, 0.25) is 5.91 Å². The van der Waals surface area contributed by atoms with Crippen LogP contribution in [0.15, 0.2) is 0 Å². The van der Waals surface area contributed by atoms with Gasteiger partial charge in [0.25, 0.3) is 0 Å². The number of hydrogen-bond acceptors (Lipinski definition) is 3. The Morgan fingerprint density at radius 2 is 2.05 bits per heavy atom. The normalized spacial score (nSPS) is 23.8. The summed E-state index contributed by atoms with van der Waals surface area (Å²) in [6.07, 6.45) is -1.13. The topological polar surface area (TPSA) is 58.4 Å². The highest BCUT2D eigenvalue weighted by atomic mass is 19.4. The van der Waals surface area contributed by atoms with Gasteiger partial charge in [-0.2, -0.15) is 13.2 Å². The zero-order valence-electron chi connectivity index (χ0n) is 12.8. The Kier molecular flexibility index (Phi) is 6.46. The van der Waals surface area contributed by atoms with Gasteiger partial charge in [-0.1, -0.05) is 0 Å². The first-order valence-electron chi connectivity index (χ1n) is 7.47. The maximum Gasteiger partial charge on any atom is 0.393 e. The second-order valence-corrected chi connectivity index (χ2v) is 6.08. The highest BCUT2D eigenvalue weighted by Gasteiger charge is 2.41. The first kappa shape index (κ1) is 18.2. The first-order chi connectivity index (χ1) is 9.69. The fourth-order valence-corrected chi connectivity index (χ4v) is 2.71. The summed E-state index contributed by atoms with van der Waals surface area (Å²) in [4.78, 5) is 13.2. The molecule has 0 spiro atoms. The maximum absolute atomic E-state index is 12.7. The van der Waals surface area contributed by atoms with Gasteiger partial charge in [-0.15, -0.1) is 0 Å². The number of nitrogens with one attached hydrogen (secondary N) is 1. The monoisotopic (exact) mass is 309 g/mol. The quantitative estimate of drug-likeness (QED) is 0.706. The summed E-state index contributed by atoms with van der Waals surface area (Å²) in [6.45, 7) is 3.22. The number of piperidine rings is 1. The van der Waals surface area contributed by atoms with Gasteiger partial charge in [0, 0.05) is 6.54 Å². The van der Waals surface area contributed by atoms with Crippen molar-refractivity contribution in [1.29, 1.82) is 0 Å². The third kappa shape index (κ3) is 5.47. The summed E-state index contributed by atoms with van der Waals surface area (Å²) in [6, 6.07) is 0. The van der Waals surface area contributed by atoms with E-state index in [4.69, 9.17) is 5.73 Å². The lowest BCUT2D eigenvalue weighted by atomic mass is 9.93. The smallest absolute Gasteiger partial charge is 0.368 e. The largest absolute Gasteiger partial charge is 0.393 e. The molecule has 0 aliphatic carbocycles. The highest BCUT2D eigenvalue weighted by Crippen LogP contribution is 2.33. The zero-order chi connectivity index (χ0) is 16.1. The third-order valence-electron chi connectivity index (χ3n) is 4.47. The van der Waals surface area contributed by atoms with Crippen LogP contribution >= 0.6 is 0 Å². The summed E-state index contributed by atoms with van der Waals surface area (Å²) in [5.41, 5.74) is 4.60. The number of carbonyl (C=O) groups is 1. The van der Waals surface area contributed by atoms with Crippen molar-refractivity contribution in [2.24, 2.45) is 11.7 Å². The summed E-state index contributed by atoms with van der Waals surface area (Å²) in [7, 11) is 1.68. The molecule has 0 radical (unpaired) electrons. The molecule has 7 heteroatoms. The van der Waals surface area contributed by atoms with Gasteiger partial charge in [0.05, 0.1) is 11.5 Å². The van der Waals surface area contributed by atoms with Crippen LogP contribution in [-0.4, -0.2) is 49.2 Å². The van der Waals surface area contributed by atoms with Crippen LogP contribution in [0.1, 0.15) is 39.0 Å². The Bertz CT molecular complexity index is 349. The van der Waals surface area contributed by atoms with Gasteiger partial charge >= 0.3 is 6.18 Å². The molecule has 0 bridgehead atoms. The Labute approximate surface area is 124 Å². The van der Waals surface area contributed by atoms with E-state index in [-0.39, 0.29) is 13.0 Å². The van der Waals surface area contributed by atoms with E-state index in [0.29, 0.717) is 19.4 Å². The molecule has 0 saturated carbocycles. The molecule has 1 fully saturated rings. The predicted molar refractivity (Wildman–Crippen MR) is 75.7 cm³/mol. The molecule has 1 amide bonds. The highest BCUT2D eigenvalue weighted by molar-refractivity contribution is 5.84. The number of hydrogen-bond donors (Lipinski definition) is 2. The molecular weight excluding hydrogens is 283 g/mol. The van der Waals surface area contributed by atoms with Crippen LogP contribution in [0.4, 0.5) is 13.2 Å². The van der Waals surface area contributed by atoms with Crippen molar-refractivity contribution in [2.45, 2.75) is 50.7 Å². The lowest BCUT2D eigenvalue weighted by molar-refractivity contribution is -0.186. The SMILES string of the molecule is CNC(C)(CCCCN1CCCC(C(F)(F)F)C1)C(N)=O. The molecule has 0 aromatic carbocycles. The van der Waals surface area contributed by atoms with Crippen LogP contribution in [0, 0.1) is 5.92 Å². The van der Waals surface area contributed by atoms with Gasteiger partial charge in [-0.05, 0) is 59.2 Å². The standard InChI is InChI=1S/C14H26F3N3O/c1-13(19-2,12(18)21)7-3-4-8-20-9-5-6-11(10-20)14(15,16)17/h11,19H,3-10H2,1-2H3,(H2,18,21). The van der Waals surface area contributed by atoms with Crippen LogP contribution < -0.4 is 11.1 Å². The summed E-state index contributed by atoms with van der Waals surface area (Å²) >= 11 is 0. The molecule has 3 N–H and O–H groups in total. The van der Waals surface area contributed by atoms with Gasteiger partial charge < -0.3 is 16.0 Å². The summed E-state index contributed by atoms with van der Waals surface area (Å²) < 4.78 is 38.1. The van der Waals surface area contributed by atoms with Gasteiger partial charge in [0.15, 0.2) is 0 Å². The molecule has 1 aliphatic rings. The summed E-state index contributed by atoms with van der Waals surface area (Å²) in [5, 5.41) is 2.91. The van der Waals surface area contributed by atoms with E-state index in [1.165, 1.54) is 0 Å². The molecule has 0 aromatic heterocycles. The van der Waals surface area contributed by atoms with Crippen LogP contribution in [-0.2, 0) is 4.79 Å². The molecule has 1 rings (SSSR count). The molecule has 4 nitrogen and oxygen atoms in total. The fraction of sp³-hybridized carbons (Fsp3) is 0.929. The average Bonchev–Trinajstić information content (AvgIpc) is 2.42. The van der Waals surface area contributed by atoms with Crippen LogP contribution in [0.2, 0.25) is 0 Å². The van der Waals surface area contributed by atoms with E-state index >= 15 is 0 Å². The first-order valence-corrected chi connectivity index (χ1v) is 7.47. The molecule has 1 aliphatic heterocycles. The minimum absolute atomic E-state index is 0.0998. The Balaban J connectivity index is 2.31. The van der Waals surface area contributed by atoms with Crippen LogP contribution in [0.3, 0.4) is 0 Å². The zero-order valence-corrected chi connectivity index (χ0v) is 12.8. The lowest BCUT2D eigenvalue weighted by Gasteiger charge is -2.34. The number of nitrogens with two attached hydrogens (primary N) is 1. The maximum atomic E-state index is 12.7. The summed E-state index contributed by atoms with van der Waals surface area (Å²) in [5.74, 6) is -1.60. The number of carbonyl (C=O) groups excluding carboxylic acids is 1. The van der Waals surface area contributed by atoms with Gasteiger partial charge in [-0.3, -0.25) is 4.79 Å². The van der Waals surface area contributed by atoms with E-state index in [0.717, 1.165) is 19.4 Å². The van der Waals surface area contributed by atoms with Crippen molar-refractivity contribution in [3.8, 4) is 0 Å². The van der Waals surface area contributed by atoms with Crippen molar-refractivity contribution < 1.29 is 18.0 Å². The van der Waals surface area contributed by atoms with Gasteiger partial charge in [-0.25, -0.2) is 0 Å². The number of amides is 1. The molecule has 1 saturated heterocycles. The number of rotatable bonds is 7. The van der Waals surface area contributed by atoms with E-state index in [9.17, 15) is 18.0 Å². The molecule has 2 unspecified atom stereocenters. The second-order valence-electron chi connectivity index (χ2n) is 6.08. The van der Waals surface area contributed by atoms with Crippen LogP contribution in [0.25, 0.3) is 0 Å². The molecule has 21 heavy (non-hydrogen) atoms. The fourth-order valence-electron chi connectivity index (χ4n) is 2.71. The molecule has 0 aromatic rings. The number of primary amides is 1. The Hall–Kier alpha value is -0.820. The number of likely N-dealkylation sites (N-methyl/N-ethyl adjacent to an activating group) is 1. The van der Waals surface area contributed by atoms with Crippen molar-refractivity contribution in [2.75, 3.05) is 26.7 Å². The average molecular weight is 309 g/mol. The Morgan fingerprint density at radius 3 is 2.57 bits per heavy atom. The third-order valence-corrected chi connectivity index (χ3v) is 4.47.